The van der Waals surface area contributed by atoms with Crippen LogP contribution < -0.4 is 10.6 Å². The molecule has 0 aromatic carbocycles. The quantitative estimate of drug-likeness (QED) is 0.892. The van der Waals surface area contributed by atoms with Crippen molar-refractivity contribution in [1.29, 1.82) is 0 Å². The molecule has 1 atom stereocenters. The van der Waals surface area contributed by atoms with E-state index in [9.17, 15) is 9.59 Å². The van der Waals surface area contributed by atoms with Crippen LogP contribution in [0.4, 0.5) is 0 Å². The van der Waals surface area contributed by atoms with Gasteiger partial charge in [-0.05, 0) is 37.4 Å². The molecule has 0 spiro atoms. The van der Waals surface area contributed by atoms with E-state index in [4.69, 9.17) is 0 Å². The van der Waals surface area contributed by atoms with Crippen LogP contribution in [0.25, 0.3) is 0 Å². The van der Waals surface area contributed by atoms with E-state index in [1.807, 2.05) is 37.4 Å². The fourth-order valence-electron chi connectivity index (χ4n) is 1.71. The van der Waals surface area contributed by atoms with E-state index < -0.39 is 0 Å². The predicted molar refractivity (Wildman–Crippen MR) is 82.3 cm³/mol. The highest BCUT2D eigenvalue weighted by molar-refractivity contribution is 7.13. The van der Waals surface area contributed by atoms with E-state index in [0.717, 1.165) is 9.75 Å². The van der Waals surface area contributed by atoms with Gasteiger partial charge in [-0.1, -0.05) is 6.07 Å². The summed E-state index contributed by atoms with van der Waals surface area (Å²) in [6.45, 7) is 3.86. The molecule has 20 heavy (non-hydrogen) atoms. The molecule has 2 amide bonds. The first-order valence-corrected chi connectivity index (χ1v) is 7.93. The molecular weight excluding hydrogens is 292 g/mol. The van der Waals surface area contributed by atoms with Gasteiger partial charge in [0.1, 0.15) is 0 Å². The number of hydrogen-bond acceptors (Lipinski definition) is 4. The van der Waals surface area contributed by atoms with E-state index in [1.165, 1.54) is 11.3 Å². The van der Waals surface area contributed by atoms with Gasteiger partial charge < -0.3 is 10.6 Å². The van der Waals surface area contributed by atoms with Gasteiger partial charge in [0.2, 0.25) is 5.91 Å². The van der Waals surface area contributed by atoms with Crippen molar-refractivity contribution in [1.82, 2.24) is 10.6 Å². The zero-order valence-corrected chi connectivity index (χ0v) is 12.9. The van der Waals surface area contributed by atoms with Crippen molar-refractivity contribution in [3.05, 3.63) is 44.3 Å². The minimum atomic E-state index is -0.206. The monoisotopic (exact) mass is 308 g/mol. The van der Waals surface area contributed by atoms with Crippen LogP contribution in [-0.2, 0) is 4.79 Å². The first-order valence-electron chi connectivity index (χ1n) is 6.23. The van der Waals surface area contributed by atoms with Crippen molar-refractivity contribution in [3.63, 3.8) is 0 Å². The molecule has 2 N–H and O–H groups in total. The summed E-state index contributed by atoms with van der Waals surface area (Å²) in [6.07, 6.45) is 0. The first kappa shape index (κ1) is 14.7. The molecule has 106 valence electrons. The number of nitrogens with one attached hydrogen (secondary N) is 2. The second kappa shape index (κ2) is 6.67. The molecule has 0 aliphatic rings. The zero-order chi connectivity index (χ0) is 14.5. The Balaban J connectivity index is 1.79. The second-order valence-electron chi connectivity index (χ2n) is 4.40. The van der Waals surface area contributed by atoms with Crippen molar-refractivity contribution < 1.29 is 9.59 Å². The molecule has 0 fully saturated rings. The lowest BCUT2D eigenvalue weighted by molar-refractivity contribution is -0.120. The largest absolute Gasteiger partial charge is 0.347 e. The third-order valence-electron chi connectivity index (χ3n) is 2.72. The zero-order valence-electron chi connectivity index (χ0n) is 11.3. The summed E-state index contributed by atoms with van der Waals surface area (Å²) in [5.74, 6) is -0.394. The maximum absolute atomic E-state index is 11.8. The van der Waals surface area contributed by atoms with Crippen LogP contribution in [0.1, 0.15) is 32.4 Å². The number of aryl methyl sites for hydroxylation is 1. The van der Waals surface area contributed by atoms with Gasteiger partial charge in [0.05, 0.1) is 17.5 Å². The van der Waals surface area contributed by atoms with Gasteiger partial charge >= 0.3 is 0 Å². The summed E-state index contributed by atoms with van der Waals surface area (Å²) in [5, 5.41) is 7.45. The molecule has 4 nitrogen and oxygen atoms in total. The lowest BCUT2D eigenvalue weighted by atomic mass is 10.3. The van der Waals surface area contributed by atoms with E-state index in [0.29, 0.717) is 4.88 Å². The summed E-state index contributed by atoms with van der Waals surface area (Å²) < 4.78 is 0. The second-order valence-corrected chi connectivity index (χ2v) is 6.66. The van der Waals surface area contributed by atoms with Crippen LogP contribution in [0.2, 0.25) is 0 Å². The van der Waals surface area contributed by atoms with Crippen LogP contribution in [0.3, 0.4) is 0 Å². The van der Waals surface area contributed by atoms with Gasteiger partial charge in [-0.15, -0.1) is 22.7 Å². The molecule has 0 radical (unpaired) electrons. The minimum Gasteiger partial charge on any atom is -0.347 e. The van der Waals surface area contributed by atoms with Crippen molar-refractivity contribution in [3.8, 4) is 0 Å². The summed E-state index contributed by atoms with van der Waals surface area (Å²) in [5.41, 5.74) is 0. The van der Waals surface area contributed by atoms with Gasteiger partial charge in [-0.2, -0.15) is 0 Å². The Morgan fingerprint density at radius 1 is 1.30 bits per heavy atom. The maximum atomic E-state index is 11.8. The molecule has 6 heteroatoms. The Morgan fingerprint density at radius 2 is 2.10 bits per heavy atom. The van der Waals surface area contributed by atoms with Crippen LogP contribution >= 0.6 is 22.7 Å². The van der Waals surface area contributed by atoms with Crippen LogP contribution in [-0.4, -0.2) is 18.4 Å². The smallest absolute Gasteiger partial charge is 0.261 e. The third-order valence-corrected chi connectivity index (χ3v) is 4.78. The van der Waals surface area contributed by atoms with Gasteiger partial charge in [-0.3, -0.25) is 9.59 Å². The summed E-state index contributed by atoms with van der Waals surface area (Å²) in [4.78, 5) is 26.4. The number of carbonyl (C=O) groups is 2. The Labute approximate surface area is 125 Å². The number of amides is 2. The van der Waals surface area contributed by atoms with Crippen LogP contribution in [0.5, 0.6) is 0 Å². The molecule has 0 bridgehead atoms. The van der Waals surface area contributed by atoms with E-state index in [-0.39, 0.29) is 24.4 Å². The molecule has 2 aromatic heterocycles. The molecule has 2 rings (SSSR count). The average molecular weight is 308 g/mol. The van der Waals surface area contributed by atoms with Crippen LogP contribution in [0, 0.1) is 6.92 Å². The molecule has 2 heterocycles. The fraction of sp³-hybridized carbons (Fsp3) is 0.286. The van der Waals surface area contributed by atoms with Gasteiger partial charge in [-0.25, -0.2) is 0 Å². The number of thiophene rings is 2. The van der Waals surface area contributed by atoms with Crippen molar-refractivity contribution in [2.45, 2.75) is 19.9 Å². The standard InChI is InChI=1S/C14H16N2O2S2/c1-9-5-6-12(20-9)14(18)15-8-13(17)16-10(2)11-4-3-7-19-11/h3-7,10H,8H2,1-2H3,(H,15,18)(H,16,17). The highest BCUT2D eigenvalue weighted by Crippen LogP contribution is 2.17. The fourth-order valence-corrected chi connectivity index (χ4v) is 3.22. The maximum Gasteiger partial charge on any atom is 0.261 e. The number of hydrogen-bond donors (Lipinski definition) is 2. The van der Waals surface area contributed by atoms with Gasteiger partial charge in [0.15, 0.2) is 0 Å². The molecule has 0 aliphatic heterocycles. The lowest BCUT2D eigenvalue weighted by Crippen LogP contribution is -2.37. The Hall–Kier alpha value is -1.66. The van der Waals surface area contributed by atoms with Crippen molar-refractivity contribution >= 4 is 34.5 Å². The lowest BCUT2D eigenvalue weighted by Gasteiger charge is -2.12. The van der Waals surface area contributed by atoms with Gasteiger partial charge in [0, 0.05) is 9.75 Å². The topological polar surface area (TPSA) is 58.2 Å². The highest BCUT2D eigenvalue weighted by atomic mass is 32.1. The molecule has 2 aromatic rings. The van der Waals surface area contributed by atoms with Crippen molar-refractivity contribution in [2.75, 3.05) is 6.54 Å². The summed E-state index contributed by atoms with van der Waals surface area (Å²) in [6, 6.07) is 7.54. The minimum absolute atomic E-state index is 0.00844. The normalized spacial score (nSPS) is 11.9. The molecule has 0 aliphatic carbocycles. The highest BCUT2D eigenvalue weighted by Gasteiger charge is 2.12. The Morgan fingerprint density at radius 3 is 2.70 bits per heavy atom. The Bertz CT molecular complexity index is 590. The molecule has 1 unspecified atom stereocenters. The first-order chi connectivity index (χ1) is 9.56. The average Bonchev–Trinajstić information content (AvgIpc) is 3.06. The number of rotatable bonds is 5. The van der Waals surface area contributed by atoms with Crippen molar-refractivity contribution in [2.24, 2.45) is 0 Å². The van der Waals surface area contributed by atoms with Gasteiger partial charge in [0.25, 0.3) is 5.91 Å². The van der Waals surface area contributed by atoms with E-state index in [1.54, 1.807) is 17.4 Å². The Kier molecular flexibility index (Phi) is 4.92. The summed E-state index contributed by atoms with van der Waals surface area (Å²) >= 11 is 3.01. The molecule has 0 saturated heterocycles. The van der Waals surface area contributed by atoms with E-state index in [2.05, 4.69) is 10.6 Å². The SMILES string of the molecule is Cc1ccc(C(=O)NCC(=O)NC(C)c2cccs2)s1. The van der Waals surface area contributed by atoms with E-state index >= 15 is 0 Å². The summed E-state index contributed by atoms with van der Waals surface area (Å²) in [7, 11) is 0. The molecular formula is C14H16N2O2S2. The number of carbonyl (C=O) groups excluding carboxylic acids is 2. The third kappa shape index (κ3) is 3.91. The predicted octanol–water partition coefficient (Wildman–Crippen LogP) is 2.73. The van der Waals surface area contributed by atoms with Crippen LogP contribution in [0.15, 0.2) is 29.6 Å². The molecule has 0 saturated carbocycles.